The summed E-state index contributed by atoms with van der Waals surface area (Å²) in [4.78, 5) is 24.7. The van der Waals surface area contributed by atoms with Crippen LogP contribution in [0.25, 0.3) is 32.1 Å². The van der Waals surface area contributed by atoms with Crippen LogP contribution in [0.5, 0.6) is 6.01 Å². The Labute approximate surface area is 264 Å². The van der Waals surface area contributed by atoms with Gasteiger partial charge >= 0.3 is 6.01 Å². The summed E-state index contributed by atoms with van der Waals surface area (Å²) >= 11 is 7.61. The molecule has 0 radical (unpaired) electrons. The van der Waals surface area contributed by atoms with Gasteiger partial charge in [0.1, 0.15) is 28.2 Å². The summed E-state index contributed by atoms with van der Waals surface area (Å²) in [5.41, 5.74) is 6.14. The van der Waals surface area contributed by atoms with Crippen LogP contribution in [0.15, 0.2) is 30.9 Å². The number of likely N-dealkylation sites (tertiary alicyclic amines) is 1. The first-order chi connectivity index (χ1) is 21.0. The van der Waals surface area contributed by atoms with Crippen molar-refractivity contribution in [3.63, 3.8) is 0 Å². The van der Waals surface area contributed by atoms with Crippen LogP contribution in [0.3, 0.4) is 0 Å². The second-order valence-electron chi connectivity index (χ2n) is 10.5. The maximum atomic E-state index is 16.4. The molecule has 1 aliphatic rings. The molecule has 3 heterocycles. The SMILES string of the molecule is C=CC(=O)N1CCC(N(C)c2nc(OC)nc3c(F)c(-c4ccc(F)c5sc(N)c(C#N)c45)c(Cl)cc23)C1C.CCCCC. The number of nitrogens with two attached hydrogens (primary N) is 1. The van der Waals surface area contributed by atoms with Crippen LogP contribution in [-0.4, -0.2) is 53.6 Å². The summed E-state index contributed by atoms with van der Waals surface area (Å²) in [7, 11) is 3.18. The molecule has 4 aromatic rings. The van der Waals surface area contributed by atoms with Crippen molar-refractivity contribution in [1.82, 2.24) is 14.9 Å². The molecular formula is C32H35ClF2N6O2S. The zero-order valence-corrected chi connectivity index (χ0v) is 27.0. The highest BCUT2D eigenvalue weighted by Crippen LogP contribution is 2.45. The Hall–Kier alpha value is -4.01. The van der Waals surface area contributed by atoms with Gasteiger partial charge in [-0.15, -0.1) is 11.3 Å². The zero-order chi connectivity index (χ0) is 32.3. The smallest absolute Gasteiger partial charge is 0.318 e. The Morgan fingerprint density at radius 1 is 1.34 bits per heavy atom. The highest BCUT2D eigenvalue weighted by atomic mass is 35.5. The number of thiophene rings is 1. The number of anilines is 2. The van der Waals surface area contributed by atoms with Crippen molar-refractivity contribution < 1.29 is 18.3 Å². The minimum absolute atomic E-state index is 0.0212. The van der Waals surface area contributed by atoms with Crippen LogP contribution in [0, 0.1) is 23.0 Å². The van der Waals surface area contributed by atoms with E-state index in [0.29, 0.717) is 24.2 Å². The van der Waals surface area contributed by atoms with Gasteiger partial charge in [0.05, 0.1) is 28.4 Å². The predicted octanol–water partition coefficient (Wildman–Crippen LogP) is 7.71. The highest BCUT2D eigenvalue weighted by molar-refractivity contribution is 7.23. The Morgan fingerprint density at radius 2 is 2.05 bits per heavy atom. The minimum atomic E-state index is -0.780. The van der Waals surface area contributed by atoms with E-state index >= 15 is 4.39 Å². The van der Waals surface area contributed by atoms with Crippen LogP contribution < -0.4 is 15.4 Å². The number of carbonyl (C=O) groups is 1. The molecule has 44 heavy (non-hydrogen) atoms. The van der Waals surface area contributed by atoms with Crippen molar-refractivity contribution in [2.45, 2.75) is 58.5 Å². The van der Waals surface area contributed by atoms with Crippen molar-refractivity contribution in [2.24, 2.45) is 0 Å². The van der Waals surface area contributed by atoms with Gasteiger partial charge in [0, 0.05) is 36.0 Å². The molecule has 12 heteroatoms. The second-order valence-corrected chi connectivity index (χ2v) is 12.0. The molecule has 1 fully saturated rings. The molecule has 8 nitrogen and oxygen atoms in total. The highest BCUT2D eigenvalue weighted by Gasteiger charge is 2.37. The number of halogens is 3. The van der Waals surface area contributed by atoms with E-state index in [2.05, 4.69) is 30.4 Å². The number of nitriles is 1. The summed E-state index contributed by atoms with van der Waals surface area (Å²) in [6.07, 6.45) is 6.01. The first-order valence-corrected chi connectivity index (χ1v) is 15.5. The first-order valence-electron chi connectivity index (χ1n) is 14.3. The quantitative estimate of drug-likeness (QED) is 0.206. The molecule has 2 N–H and O–H groups in total. The lowest BCUT2D eigenvalue weighted by Gasteiger charge is -2.32. The number of likely N-dealkylation sites (N-methyl/N-ethyl adjacent to an activating group) is 1. The Morgan fingerprint density at radius 3 is 2.64 bits per heavy atom. The van der Waals surface area contributed by atoms with E-state index in [-0.39, 0.29) is 66.3 Å². The molecular weight excluding hydrogens is 606 g/mol. The number of fused-ring (bicyclic) bond motifs is 2. The number of amides is 1. The van der Waals surface area contributed by atoms with E-state index in [0.717, 1.165) is 11.3 Å². The lowest BCUT2D eigenvalue weighted by Crippen LogP contribution is -2.43. The van der Waals surface area contributed by atoms with Crippen LogP contribution >= 0.6 is 22.9 Å². The van der Waals surface area contributed by atoms with Gasteiger partial charge < -0.3 is 20.3 Å². The van der Waals surface area contributed by atoms with Crippen molar-refractivity contribution in [3.8, 4) is 23.2 Å². The fraction of sp³-hybridized carbons (Fsp3) is 0.375. The van der Waals surface area contributed by atoms with Gasteiger partial charge in [0.25, 0.3) is 0 Å². The van der Waals surface area contributed by atoms with Gasteiger partial charge in [0.15, 0.2) is 5.82 Å². The maximum Gasteiger partial charge on any atom is 0.318 e. The molecule has 1 aliphatic heterocycles. The Balaban J connectivity index is 0.000000818. The number of aromatic nitrogens is 2. The third-order valence-electron chi connectivity index (χ3n) is 7.93. The van der Waals surface area contributed by atoms with Gasteiger partial charge in [-0.05, 0) is 37.1 Å². The van der Waals surface area contributed by atoms with E-state index < -0.39 is 11.6 Å². The number of ether oxygens (including phenoxy) is 1. The third-order valence-corrected chi connectivity index (χ3v) is 9.26. The summed E-state index contributed by atoms with van der Waals surface area (Å²) < 4.78 is 36.5. The zero-order valence-electron chi connectivity index (χ0n) is 25.4. The van der Waals surface area contributed by atoms with E-state index in [1.807, 2.05) is 17.9 Å². The monoisotopic (exact) mass is 640 g/mol. The number of benzene rings is 2. The molecule has 1 amide bonds. The summed E-state index contributed by atoms with van der Waals surface area (Å²) in [5, 5.41) is 10.4. The number of hydrogen-bond acceptors (Lipinski definition) is 8. The second kappa shape index (κ2) is 13.7. The van der Waals surface area contributed by atoms with Gasteiger partial charge in [-0.2, -0.15) is 15.2 Å². The number of nitrogens with zero attached hydrogens (tertiary/aromatic N) is 5. The van der Waals surface area contributed by atoms with Gasteiger partial charge in [-0.25, -0.2) is 8.78 Å². The van der Waals surface area contributed by atoms with Crippen LogP contribution in [0.2, 0.25) is 5.02 Å². The molecule has 2 aromatic carbocycles. The molecule has 0 bridgehead atoms. The van der Waals surface area contributed by atoms with Crippen molar-refractivity contribution in [3.05, 3.63) is 53.1 Å². The number of carbonyl (C=O) groups excluding carboxylic acids is 1. The fourth-order valence-electron chi connectivity index (χ4n) is 5.66. The minimum Gasteiger partial charge on any atom is -0.467 e. The van der Waals surface area contributed by atoms with Crippen molar-refractivity contribution >= 4 is 60.7 Å². The lowest BCUT2D eigenvalue weighted by molar-refractivity contribution is -0.126. The number of unbranched alkanes of at least 4 members (excludes halogenated alkanes) is 2. The number of rotatable bonds is 7. The van der Waals surface area contributed by atoms with E-state index in [9.17, 15) is 14.4 Å². The number of hydrogen-bond donors (Lipinski definition) is 1. The predicted molar refractivity (Wildman–Crippen MR) is 174 cm³/mol. The van der Waals surface area contributed by atoms with E-state index in [1.165, 1.54) is 44.6 Å². The van der Waals surface area contributed by atoms with Crippen molar-refractivity contribution in [2.75, 3.05) is 31.3 Å². The number of nitrogen functional groups attached to an aromatic ring is 1. The van der Waals surface area contributed by atoms with Gasteiger partial charge in [-0.1, -0.05) is 57.4 Å². The molecule has 2 aromatic heterocycles. The fourth-order valence-corrected chi connectivity index (χ4v) is 6.90. The van der Waals surface area contributed by atoms with Crippen molar-refractivity contribution in [1.29, 1.82) is 5.26 Å². The molecule has 2 unspecified atom stereocenters. The lowest BCUT2D eigenvalue weighted by atomic mass is 9.97. The van der Waals surface area contributed by atoms with E-state index in [4.69, 9.17) is 22.1 Å². The largest absolute Gasteiger partial charge is 0.467 e. The summed E-state index contributed by atoms with van der Waals surface area (Å²) in [6.45, 7) is 10.5. The maximum absolute atomic E-state index is 16.4. The average molecular weight is 641 g/mol. The molecule has 0 saturated carbocycles. The molecule has 2 atom stereocenters. The molecule has 5 rings (SSSR count). The normalized spacial score (nSPS) is 16.0. The third kappa shape index (κ3) is 5.88. The van der Waals surface area contributed by atoms with Crippen LogP contribution in [0.4, 0.5) is 19.6 Å². The first kappa shape index (κ1) is 32.9. The number of methoxy groups -OCH3 is 1. The topological polar surface area (TPSA) is 108 Å². The van der Waals surface area contributed by atoms with Crippen LogP contribution in [0.1, 0.15) is 52.0 Å². The Kier molecular flexibility index (Phi) is 10.3. The van der Waals surface area contributed by atoms with E-state index in [1.54, 1.807) is 18.0 Å². The molecule has 0 aliphatic carbocycles. The van der Waals surface area contributed by atoms with Crippen LogP contribution in [-0.2, 0) is 4.79 Å². The average Bonchev–Trinajstić information content (AvgIpc) is 3.57. The standard InChI is InChI=1S/C27H23ClF2N6O2S.C5H12/c1-5-19(37)36-9-8-18(12(36)2)35(3)26-14-10-16(28)21(22(30)23(14)33-27(34-26)38-4)13-6-7-17(29)24-20(13)15(11-31)25(32)39-24;1-3-5-4-2/h5-7,10,12,18H,1,8-9,32H2,2-4H3;3-5H2,1-2H3. The Bertz CT molecular complexity index is 1770. The van der Waals surface area contributed by atoms with Gasteiger partial charge in [0.2, 0.25) is 5.91 Å². The molecule has 0 spiro atoms. The van der Waals surface area contributed by atoms with Gasteiger partial charge in [-0.3, -0.25) is 4.79 Å². The molecule has 1 saturated heterocycles. The summed E-state index contributed by atoms with van der Waals surface area (Å²) in [5.74, 6) is -1.15. The summed E-state index contributed by atoms with van der Waals surface area (Å²) in [6, 6.07) is 5.72. The molecule has 232 valence electrons.